The van der Waals surface area contributed by atoms with Crippen LogP contribution in [0.5, 0.6) is 0 Å². The third kappa shape index (κ3) is 3.42. The molecule has 0 aliphatic carbocycles. The Balaban J connectivity index is 2.28. The first-order valence-corrected chi connectivity index (χ1v) is 5.15. The van der Waals surface area contributed by atoms with E-state index in [0.29, 0.717) is 24.1 Å². The van der Waals surface area contributed by atoms with Gasteiger partial charge in [-0.1, -0.05) is 6.92 Å². The Kier molecular flexibility index (Phi) is 4.53. The molecule has 1 aromatic rings. The Hall–Kier alpha value is -0.960. The van der Waals surface area contributed by atoms with Gasteiger partial charge in [-0.3, -0.25) is 4.79 Å². The minimum Gasteiger partial charge on any atom is -0.459 e. The average Bonchev–Trinajstić information content (AvgIpc) is 2.67. The number of nitrogens with one attached hydrogen (secondary N) is 1. The molecule has 0 radical (unpaired) electrons. The zero-order valence-electron chi connectivity index (χ0n) is 8.13. The summed E-state index contributed by atoms with van der Waals surface area (Å²) in [6, 6.07) is 3.33. The monoisotopic (exact) mass is 215 g/mol. The molecule has 1 aromatic heterocycles. The Morgan fingerprint density at radius 2 is 2.50 bits per heavy atom. The van der Waals surface area contributed by atoms with Gasteiger partial charge < -0.3 is 9.73 Å². The number of carbonyl (C=O) groups excluding carboxylic acids is 1. The highest BCUT2D eigenvalue weighted by atomic mass is 35.5. The van der Waals surface area contributed by atoms with Gasteiger partial charge in [0.05, 0.1) is 6.26 Å². The summed E-state index contributed by atoms with van der Waals surface area (Å²) < 4.78 is 4.95. The molecule has 1 rings (SSSR count). The maximum atomic E-state index is 11.4. The number of furan rings is 1. The Bertz CT molecular complexity index is 272. The van der Waals surface area contributed by atoms with E-state index in [0.717, 1.165) is 6.42 Å². The van der Waals surface area contributed by atoms with E-state index >= 15 is 0 Å². The van der Waals surface area contributed by atoms with E-state index in [2.05, 4.69) is 5.32 Å². The summed E-state index contributed by atoms with van der Waals surface area (Å²) in [4.78, 5) is 11.4. The number of rotatable bonds is 5. The zero-order valence-corrected chi connectivity index (χ0v) is 8.88. The van der Waals surface area contributed by atoms with Crippen LogP contribution >= 0.6 is 11.6 Å². The number of carbonyl (C=O) groups is 1. The molecule has 0 saturated carbocycles. The smallest absolute Gasteiger partial charge is 0.286 e. The van der Waals surface area contributed by atoms with Crippen molar-refractivity contribution in [2.45, 2.75) is 13.3 Å². The van der Waals surface area contributed by atoms with E-state index in [1.807, 2.05) is 6.92 Å². The van der Waals surface area contributed by atoms with Crippen molar-refractivity contribution in [3.05, 3.63) is 24.2 Å². The highest BCUT2D eigenvalue weighted by Gasteiger charge is 2.09. The standard InChI is InChI=1S/C10H14ClNO2/c1-8(4-5-11)7-12-10(13)9-3-2-6-14-9/h2-3,6,8H,4-5,7H2,1H3,(H,12,13). The number of hydrogen-bond acceptors (Lipinski definition) is 2. The lowest BCUT2D eigenvalue weighted by atomic mass is 10.1. The Morgan fingerprint density at radius 3 is 3.07 bits per heavy atom. The lowest BCUT2D eigenvalue weighted by Gasteiger charge is -2.09. The summed E-state index contributed by atoms with van der Waals surface area (Å²) in [6.45, 7) is 2.68. The molecule has 1 unspecified atom stereocenters. The van der Waals surface area contributed by atoms with Crippen LogP contribution in [0.4, 0.5) is 0 Å². The molecular formula is C10H14ClNO2. The number of alkyl halides is 1. The molecule has 0 aliphatic rings. The minimum atomic E-state index is -0.170. The van der Waals surface area contributed by atoms with Gasteiger partial charge in [0, 0.05) is 12.4 Å². The maximum Gasteiger partial charge on any atom is 0.286 e. The van der Waals surface area contributed by atoms with E-state index in [9.17, 15) is 4.79 Å². The van der Waals surface area contributed by atoms with Crippen LogP contribution in [0, 0.1) is 5.92 Å². The SMILES string of the molecule is CC(CCCl)CNC(=O)c1ccco1. The highest BCUT2D eigenvalue weighted by Crippen LogP contribution is 2.03. The maximum absolute atomic E-state index is 11.4. The molecule has 1 atom stereocenters. The van der Waals surface area contributed by atoms with Crippen LogP contribution in [0.25, 0.3) is 0 Å². The summed E-state index contributed by atoms with van der Waals surface area (Å²) in [5.74, 6) is 1.20. The van der Waals surface area contributed by atoms with Crippen molar-refractivity contribution in [2.75, 3.05) is 12.4 Å². The molecule has 0 fully saturated rings. The van der Waals surface area contributed by atoms with Gasteiger partial charge in [0.15, 0.2) is 5.76 Å². The second-order valence-electron chi connectivity index (χ2n) is 3.27. The van der Waals surface area contributed by atoms with Crippen molar-refractivity contribution < 1.29 is 9.21 Å². The summed E-state index contributed by atoms with van der Waals surface area (Å²) in [7, 11) is 0. The summed E-state index contributed by atoms with van der Waals surface area (Å²) in [5, 5.41) is 2.78. The van der Waals surface area contributed by atoms with Crippen molar-refractivity contribution in [3.63, 3.8) is 0 Å². The number of hydrogen-bond donors (Lipinski definition) is 1. The van der Waals surface area contributed by atoms with E-state index < -0.39 is 0 Å². The van der Waals surface area contributed by atoms with Crippen LogP contribution in [-0.4, -0.2) is 18.3 Å². The second kappa shape index (κ2) is 5.70. The first-order valence-electron chi connectivity index (χ1n) is 4.61. The fourth-order valence-corrected chi connectivity index (χ4v) is 1.42. The van der Waals surface area contributed by atoms with E-state index in [1.54, 1.807) is 12.1 Å². The highest BCUT2D eigenvalue weighted by molar-refractivity contribution is 6.17. The van der Waals surface area contributed by atoms with Crippen molar-refractivity contribution in [1.82, 2.24) is 5.32 Å². The summed E-state index contributed by atoms with van der Waals surface area (Å²) in [6.07, 6.45) is 2.39. The lowest BCUT2D eigenvalue weighted by Crippen LogP contribution is -2.28. The van der Waals surface area contributed by atoms with Crippen LogP contribution in [0.3, 0.4) is 0 Å². The van der Waals surface area contributed by atoms with Gasteiger partial charge in [-0.15, -0.1) is 11.6 Å². The first kappa shape index (κ1) is 11.1. The van der Waals surface area contributed by atoms with Crippen molar-refractivity contribution >= 4 is 17.5 Å². The molecule has 0 aliphatic heterocycles. The molecule has 4 heteroatoms. The van der Waals surface area contributed by atoms with Crippen molar-refractivity contribution in [1.29, 1.82) is 0 Å². The van der Waals surface area contributed by atoms with Crippen molar-refractivity contribution in [2.24, 2.45) is 5.92 Å². The molecular weight excluding hydrogens is 202 g/mol. The number of halogens is 1. The number of amides is 1. The fraction of sp³-hybridized carbons (Fsp3) is 0.500. The first-order chi connectivity index (χ1) is 6.74. The molecule has 0 bridgehead atoms. The molecule has 0 saturated heterocycles. The van der Waals surface area contributed by atoms with Gasteiger partial charge in [0.2, 0.25) is 0 Å². The molecule has 0 spiro atoms. The van der Waals surface area contributed by atoms with E-state index in [-0.39, 0.29) is 5.91 Å². The van der Waals surface area contributed by atoms with Gasteiger partial charge in [-0.05, 0) is 24.5 Å². The van der Waals surface area contributed by atoms with Crippen molar-refractivity contribution in [3.8, 4) is 0 Å². The van der Waals surface area contributed by atoms with Gasteiger partial charge in [-0.25, -0.2) is 0 Å². The quantitative estimate of drug-likeness (QED) is 0.766. The van der Waals surface area contributed by atoms with E-state index in [4.69, 9.17) is 16.0 Å². The third-order valence-electron chi connectivity index (χ3n) is 1.96. The average molecular weight is 216 g/mol. The molecule has 1 N–H and O–H groups in total. The van der Waals surface area contributed by atoms with Crippen LogP contribution in [0.2, 0.25) is 0 Å². The molecule has 0 aromatic carbocycles. The molecule has 1 amide bonds. The van der Waals surface area contributed by atoms with Gasteiger partial charge >= 0.3 is 0 Å². The normalized spacial score (nSPS) is 12.4. The fourth-order valence-electron chi connectivity index (χ4n) is 1.05. The topological polar surface area (TPSA) is 42.2 Å². The minimum absolute atomic E-state index is 0.170. The Morgan fingerprint density at radius 1 is 1.71 bits per heavy atom. The summed E-state index contributed by atoms with van der Waals surface area (Å²) >= 11 is 5.58. The van der Waals surface area contributed by atoms with Crippen LogP contribution < -0.4 is 5.32 Å². The molecule has 78 valence electrons. The molecule has 14 heavy (non-hydrogen) atoms. The predicted octanol–water partition coefficient (Wildman–Crippen LogP) is 2.27. The van der Waals surface area contributed by atoms with E-state index in [1.165, 1.54) is 6.26 Å². The molecule has 1 heterocycles. The third-order valence-corrected chi connectivity index (χ3v) is 2.18. The lowest BCUT2D eigenvalue weighted by molar-refractivity contribution is 0.0920. The summed E-state index contributed by atoms with van der Waals surface area (Å²) in [5.41, 5.74) is 0. The van der Waals surface area contributed by atoms with Gasteiger partial charge in [0.1, 0.15) is 0 Å². The van der Waals surface area contributed by atoms with Crippen LogP contribution in [0.1, 0.15) is 23.9 Å². The van der Waals surface area contributed by atoms with Gasteiger partial charge in [-0.2, -0.15) is 0 Å². The van der Waals surface area contributed by atoms with Crippen LogP contribution in [-0.2, 0) is 0 Å². The predicted molar refractivity (Wildman–Crippen MR) is 55.5 cm³/mol. The van der Waals surface area contributed by atoms with Crippen LogP contribution in [0.15, 0.2) is 22.8 Å². The zero-order chi connectivity index (χ0) is 10.4. The van der Waals surface area contributed by atoms with Gasteiger partial charge in [0.25, 0.3) is 5.91 Å². The Labute approximate surface area is 88.4 Å². The largest absolute Gasteiger partial charge is 0.459 e. The molecule has 3 nitrogen and oxygen atoms in total. The second-order valence-corrected chi connectivity index (χ2v) is 3.65.